The maximum atomic E-state index is 12.0. The van der Waals surface area contributed by atoms with Gasteiger partial charge in [-0.2, -0.15) is 0 Å². The first-order valence-electron chi connectivity index (χ1n) is 6.17. The SMILES string of the molecule is Cc1ccccc1C(C)N1CC(S(N)(=O)=O)CC1=O. The molecule has 0 saturated carbocycles. The van der Waals surface area contributed by atoms with Gasteiger partial charge in [0.2, 0.25) is 15.9 Å². The summed E-state index contributed by atoms with van der Waals surface area (Å²) < 4.78 is 22.7. The molecule has 1 amide bonds. The van der Waals surface area contributed by atoms with E-state index in [1.807, 2.05) is 38.1 Å². The Balaban J connectivity index is 2.24. The lowest BCUT2D eigenvalue weighted by molar-refractivity contribution is -0.129. The molecule has 2 unspecified atom stereocenters. The highest BCUT2D eigenvalue weighted by Crippen LogP contribution is 2.29. The Kier molecular flexibility index (Phi) is 3.64. The molecule has 2 rings (SSSR count). The first-order chi connectivity index (χ1) is 8.80. The number of hydrogen-bond donors (Lipinski definition) is 1. The van der Waals surface area contributed by atoms with Crippen LogP contribution >= 0.6 is 0 Å². The summed E-state index contributed by atoms with van der Waals surface area (Å²) >= 11 is 0. The van der Waals surface area contributed by atoms with Crippen molar-refractivity contribution >= 4 is 15.9 Å². The number of aryl methyl sites for hydroxylation is 1. The number of nitrogens with zero attached hydrogens (tertiary/aromatic N) is 1. The fourth-order valence-electron chi connectivity index (χ4n) is 2.52. The predicted molar refractivity (Wildman–Crippen MR) is 72.8 cm³/mol. The quantitative estimate of drug-likeness (QED) is 0.896. The Bertz CT molecular complexity index is 598. The van der Waals surface area contributed by atoms with Crippen molar-refractivity contribution in [2.24, 2.45) is 5.14 Å². The maximum absolute atomic E-state index is 12.0. The molecule has 1 aliphatic rings. The minimum Gasteiger partial charge on any atom is -0.335 e. The summed E-state index contributed by atoms with van der Waals surface area (Å²) in [7, 11) is -3.66. The standard InChI is InChI=1S/C13H18N2O3S/c1-9-5-3-4-6-12(9)10(2)15-8-11(7-13(15)16)19(14,17)18/h3-6,10-11H,7-8H2,1-2H3,(H2,14,17,18). The number of likely N-dealkylation sites (tertiary alicyclic amines) is 1. The Hall–Kier alpha value is -1.40. The van der Waals surface area contributed by atoms with Crippen molar-refractivity contribution in [3.05, 3.63) is 35.4 Å². The average molecular weight is 282 g/mol. The molecule has 0 spiro atoms. The number of carbonyl (C=O) groups is 1. The summed E-state index contributed by atoms with van der Waals surface area (Å²) in [5, 5.41) is 4.34. The van der Waals surface area contributed by atoms with Gasteiger partial charge in [0.15, 0.2) is 0 Å². The van der Waals surface area contributed by atoms with Gasteiger partial charge in [-0.05, 0) is 25.0 Å². The van der Waals surface area contributed by atoms with Gasteiger partial charge in [0.05, 0.1) is 6.04 Å². The summed E-state index contributed by atoms with van der Waals surface area (Å²) in [6.07, 6.45) is -0.0188. The van der Waals surface area contributed by atoms with Gasteiger partial charge in [0.25, 0.3) is 0 Å². The molecule has 2 atom stereocenters. The van der Waals surface area contributed by atoms with Gasteiger partial charge < -0.3 is 4.90 Å². The molecule has 1 aliphatic heterocycles. The van der Waals surface area contributed by atoms with E-state index in [2.05, 4.69) is 0 Å². The number of rotatable bonds is 3. The third-order valence-electron chi connectivity index (χ3n) is 3.69. The van der Waals surface area contributed by atoms with Crippen LogP contribution in [0.1, 0.15) is 30.5 Å². The zero-order valence-corrected chi connectivity index (χ0v) is 11.9. The number of primary sulfonamides is 1. The van der Waals surface area contributed by atoms with Gasteiger partial charge in [-0.15, -0.1) is 0 Å². The van der Waals surface area contributed by atoms with Crippen molar-refractivity contribution in [2.75, 3.05) is 6.54 Å². The lowest BCUT2D eigenvalue weighted by atomic mass is 10.0. The van der Waals surface area contributed by atoms with E-state index in [-0.39, 0.29) is 24.9 Å². The van der Waals surface area contributed by atoms with E-state index in [4.69, 9.17) is 5.14 Å². The minimum absolute atomic E-state index is 0.0188. The Labute approximate surface area is 113 Å². The van der Waals surface area contributed by atoms with Gasteiger partial charge >= 0.3 is 0 Å². The first kappa shape index (κ1) is 14.0. The van der Waals surface area contributed by atoms with E-state index < -0.39 is 15.3 Å². The van der Waals surface area contributed by atoms with E-state index in [0.717, 1.165) is 11.1 Å². The molecular formula is C13H18N2O3S. The van der Waals surface area contributed by atoms with Crippen LogP contribution in [0.15, 0.2) is 24.3 Å². The molecule has 0 aliphatic carbocycles. The second kappa shape index (κ2) is 4.94. The number of sulfonamides is 1. The zero-order chi connectivity index (χ0) is 14.2. The van der Waals surface area contributed by atoms with Crippen LogP contribution in [0, 0.1) is 6.92 Å². The molecule has 5 nitrogen and oxygen atoms in total. The van der Waals surface area contributed by atoms with Crippen LogP contribution in [0.5, 0.6) is 0 Å². The normalized spacial score (nSPS) is 21.7. The van der Waals surface area contributed by atoms with Crippen LogP contribution in [0.25, 0.3) is 0 Å². The monoisotopic (exact) mass is 282 g/mol. The highest BCUT2D eigenvalue weighted by molar-refractivity contribution is 7.89. The molecule has 1 fully saturated rings. The molecule has 1 heterocycles. The summed E-state index contributed by atoms with van der Waals surface area (Å²) in [5.41, 5.74) is 2.12. The number of nitrogens with two attached hydrogens (primary N) is 1. The molecule has 1 aromatic carbocycles. The van der Waals surface area contributed by atoms with Gasteiger partial charge in [-0.3, -0.25) is 4.79 Å². The third kappa shape index (κ3) is 2.79. The van der Waals surface area contributed by atoms with E-state index in [1.165, 1.54) is 0 Å². The average Bonchev–Trinajstić information content (AvgIpc) is 2.71. The highest BCUT2D eigenvalue weighted by Gasteiger charge is 2.38. The first-order valence-corrected chi connectivity index (χ1v) is 7.78. The lowest BCUT2D eigenvalue weighted by Crippen LogP contribution is -2.33. The number of benzene rings is 1. The van der Waals surface area contributed by atoms with Crippen molar-refractivity contribution in [1.29, 1.82) is 0 Å². The molecule has 104 valence electrons. The molecule has 2 N–H and O–H groups in total. The van der Waals surface area contributed by atoms with Crippen molar-refractivity contribution in [3.63, 3.8) is 0 Å². The topological polar surface area (TPSA) is 80.5 Å². The van der Waals surface area contributed by atoms with Crippen LogP contribution in [0.3, 0.4) is 0 Å². The van der Waals surface area contributed by atoms with Gasteiger partial charge in [-0.25, -0.2) is 13.6 Å². The van der Waals surface area contributed by atoms with Gasteiger partial charge in [0.1, 0.15) is 5.25 Å². The predicted octanol–water partition coefficient (Wildman–Crippen LogP) is 0.945. The largest absolute Gasteiger partial charge is 0.335 e. The van der Waals surface area contributed by atoms with E-state index in [1.54, 1.807) is 4.90 Å². The second-order valence-electron chi connectivity index (χ2n) is 4.99. The summed E-state index contributed by atoms with van der Waals surface area (Å²) in [6.45, 7) is 4.06. The van der Waals surface area contributed by atoms with Crippen molar-refractivity contribution in [3.8, 4) is 0 Å². The van der Waals surface area contributed by atoms with E-state index >= 15 is 0 Å². The number of hydrogen-bond acceptors (Lipinski definition) is 3. The third-order valence-corrected chi connectivity index (χ3v) is 4.94. The van der Waals surface area contributed by atoms with Crippen LogP contribution in [0.2, 0.25) is 0 Å². The Morgan fingerprint density at radius 1 is 1.37 bits per heavy atom. The van der Waals surface area contributed by atoms with Crippen molar-refractivity contribution < 1.29 is 13.2 Å². The van der Waals surface area contributed by atoms with Crippen LogP contribution in [-0.2, 0) is 14.8 Å². The molecule has 1 aromatic rings. The maximum Gasteiger partial charge on any atom is 0.224 e. The number of amides is 1. The lowest BCUT2D eigenvalue weighted by Gasteiger charge is -2.26. The molecule has 19 heavy (non-hydrogen) atoms. The van der Waals surface area contributed by atoms with E-state index in [0.29, 0.717) is 0 Å². The number of carbonyl (C=O) groups excluding carboxylic acids is 1. The summed E-state index contributed by atoms with van der Waals surface area (Å²) in [4.78, 5) is 13.6. The summed E-state index contributed by atoms with van der Waals surface area (Å²) in [6, 6.07) is 7.64. The fourth-order valence-corrected chi connectivity index (χ4v) is 3.26. The summed E-state index contributed by atoms with van der Waals surface area (Å²) in [5.74, 6) is -0.158. The van der Waals surface area contributed by atoms with Crippen LogP contribution < -0.4 is 5.14 Å². The van der Waals surface area contributed by atoms with Crippen LogP contribution in [-0.4, -0.2) is 31.0 Å². The second-order valence-corrected chi connectivity index (χ2v) is 6.84. The molecular weight excluding hydrogens is 264 g/mol. The minimum atomic E-state index is -3.66. The van der Waals surface area contributed by atoms with Crippen molar-refractivity contribution in [2.45, 2.75) is 31.6 Å². The Morgan fingerprint density at radius 3 is 2.53 bits per heavy atom. The molecule has 0 radical (unpaired) electrons. The van der Waals surface area contributed by atoms with Gasteiger partial charge in [-0.1, -0.05) is 24.3 Å². The van der Waals surface area contributed by atoms with E-state index in [9.17, 15) is 13.2 Å². The molecule has 0 aromatic heterocycles. The van der Waals surface area contributed by atoms with Crippen molar-refractivity contribution in [1.82, 2.24) is 4.90 Å². The Morgan fingerprint density at radius 2 is 2.00 bits per heavy atom. The molecule has 1 saturated heterocycles. The molecule has 0 bridgehead atoms. The molecule has 6 heteroatoms. The zero-order valence-electron chi connectivity index (χ0n) is 11.0. The smallest absolute Gasteiger partial charge is 0.224 e. The highest BCUT2D eigenvalue weighted by atomic mass is 32.2. The van der Waals surface area contributed by atoms with Gasteiger partial charge in [0, 0.05) is 13.0 Å². The van der Waals surface area contributed by atoms with Crippen LogP contribution in [0.4, 0.5) is 0 Å². The fraction of sp³-hybridized carbons (Fsp3) is 0.462.